The molecule has 200 valence electrons. The molecular formula is C29H38ClN3O4. The normalized spacial score (nSPS) is 37.0. The molecule has 5 rings (SSSR count). The molecule has 1 spiro atoms. The number of carbonyl (C=O) groups is 3. The van der Waals surface area contributed by atoms with Crippen molar-refractivity contribution >= 4 is 35.0 Å². The highest BCUT2D eigenvalue weighted by molar-refractivity contribution is 6.31. The smallest absolute Gasteiger partial charge is 0.246 e. The average molecular weight is 528 g/mol. The maximum absolute atomic E-state index is 14.0. The number of benzene rings is 1. The van der Waals surface area contributed by atoms with Gasteiger partial charge in [0.2, 0.25) is 17.7 Å². The van der Waals surface area contributed by atoms with Gasteiger partial charge < -0.3 is 20.3 Å². The first-order chi connectivity index (χ1) is 17.6. The number of halogens is 1. The third-order valence-corrected chi connectivity index (χ3v) is 9.81. The van der Waals surface area contributed by atoms with Gasteiger partial charge in [0.25, 0.3) is 0 Å². The van der Waals surface area contributed by atoms with E-state index in [1.54, 1.807) is 17.0 Å². The molecule has 0 radical (unpaired) electrons. The summed E-state index contributed by atoms with van der Waals surface area (Å²) >= 11 is 6.26. The van der Waals surface area contributed by atoms with Crippen molar-refractivity contribution in [3.05, 3.63) is 40.9 Å². The number of nitrogens with zero attached hydrogens (tertiary/aromatic N) is 1. The number of carbonyl (C=O) groups excluding carboxylic acids is 3. The van der Waals surface area contributed by atoms with Crippen molar-refractivity contribution in [3.63, 3.8) is 0 Å². The number of fused-ring (bicyclic) bond motifs is 1. The van der Waals surface area contributed by atoms with E-state index in [9.17, 15) is 14.4 Å². The second kappa shape index (κ2) is 9.73. The fraction of sp³-hybridized carbons (Fsp3) is 0.621. The fourth-order valence-electron chi connectivity index (χ4n) is 6.82. The molecule has 7 nitrogen and oxygen atoms in total. The van der Waals surface area contributed by atoms with Crippen molar-refractivity contribution in [2.24, 2.45) is 23.7 Å². The molecule has 3 heterocycles. The summed E-state index contributed by atoms with van der Waals surface area (Å²) in [4.78, 5) is 43.2. The predicted octanol–water partition coefficient (Wildman–Crippen LogP) is 4.48. The van der Waals surface area contributed by atoms with Gasteiger partial charge in [-0.1, -0.05) is 63.4 Å². The van der Waals surface area contributed by atoms with Crippen molar-refractivity contribution in [2.75, 3.05) is 5.32 Å². The number of rotatable bonds is 6. The number of nitrogens with one attached hydrogen (secondary N) is 2. The Balaban J connectivity index is 1.45. The lowest BCUT2D eigenvalue weighted by Gasteiger charge is -2.39. The van der Waals surface area contributed by atoms with Gasteiger partial charge >= 0.3 is 0 Å². The first-order valence-corrected chi connectivity index (χ1v) is 14.0. The van der Waals surface area contributed by atoms with Crippen LogP contribution in [-0.4, -0.2) is 52.5 Å². The lowest BCUT2D eigenvalue weighted by molar-refractivity contribution is -0.144. The number of likely N-dealkylation sites (tertiary alicyclic amines) is 1. The predicted molar refractivity (Wildman–Crippen MR) is 143 cm³/mol. The van der Waals surface area contributed by atoms with Gasteiger partial charge in [-0.25, -0.2) is 0 Å². The van der Waals surface area contributed by atoms with Gasteiger partial charge in [0, 0.05) is 22.8 Å². The molecule has 0 unspecified atom stereocenters. The van der Waals surface area contributed by atoms with Crippen LogP contribution in [-0.2, 0) is 19.1 Å². The monoisotopic (exact) mass is 527 g/mol. The standard InChI is InChI=1S/C29H38ClN3O4/c1-6-17(4)33-25(27(35)32-21-9-7-8-15(2)18(21)5)29-13-12-22(37-29)23(24(29)28(33)36)26(34)31-19-11-10-16(3)20(30)14-19/h10-15,17-18,21-25H,6-9H2,1-5H3,(H,31,34)(H,32,35)/t15-,17-,18-,21+,22+,23+,24+,25-,29-/m0/s1. The second-order valence-corrected chi connectivity index (χ2v) is 11.9. The van der Waals surface area contributed by atoms with Gasteiger partial charge in [0.1, 0.15) is 11.6 Å². The number of hydrogen-bond acceptors (Lipinski definition) is 4. The van der Waals surface area contributed by atoms with E-state index in [0.717, 1.165) is 24.8 Å². The molecule has 4 aliphatic rings. The Hall–Kier alpha value is -2.38. The minimum absolute atomic E-state index is 0.0635. The number of aryl methyl sites for hydroxylation is 1. The van der Waals surface area contributed by atoms with Crippen LogP contribution < -0.4 is 10.6 Å². The molecule has 8 heteroatoms. The summed E-state index contributed by atoms with van der Waals surface area (Å²) in [6.45, 7) is 10.3. The molecule has 3 aliphatic heterocycles. The van der Waals surface area contributed by atoms with E-state index in [0.29, 0.717) is 29.0 Å². The molecule has 9 atom stereocenters. The van der Waals surface area contributed by atoms with Crippen LogP contribution in [0.5, 0.6) is 0 Å². The Morgan fingerprint density at radius 3 is 2.70 bits per heavy atom. The highest BCUT2D eigenvalue weighted by Crippen LogP contribution is 2.56. The first-order valence-electron chi connectivity index (χ1n) is 13.7. The zero-order valence-electron chi connectivity index (χ0n) is 22.3. The molecule has 2 saturated heterocycles. The van der Waals surface area contributed by atoms with Gasteiger partial charge in [-0.2, -0.15) is 0 Å². The average Bonchev–Trinajstić information content (AvgIpc) is 3.51. The maximum atomic E-state index is 14.0. The van der Waals surface area contributed by atoms with Crippen molar-refractivity contribution in [2.45, 2.75) is 90.1 Å². The molecule has 3 amide bonds. The lowest BCUT2D eigenvalue weighted by Crippen LogP contribution is -2.59. The van der Waals surface area contributed by atoms with E-state index in [-0.39, 0.29) is 29.8 Å². The van der Waals surface area contributed by atoms with E-state index in [4.69, 9.17) is 16.3 Å². The van der Waals surface area contributed by atoms with Crippen molar-refractivity contribution < 1.29 is 19.1 Å². The van der Waals surface area contributed by atoms with Gasteiger partial charge in [-0.3, -0.25) is 14.4 Å². The molecule has 3 fully saturated rings. The summed E-state index contributed by atoms with van der Waals surface area (Å²) < 4.78 is 6.44. The maximum Gasteiger partial charge on any atom is 0.246 e. The molecule has 1 aromatic rings. The van der Waals surface area contributed by atoms with Gasteiger partial charge in [0.05, 0.1) is 17.9 Å². The first kappa shape index (κ1) is 26.2. The Kier molecular flexibility index (Phi) is 6.90. The minimum Gasteiger partial charge on any atom is -0.359 e. The van der Waals surface area contributed by atoms with E-state index >= 15 is 0 Å². The van der Waals surface area contributed by atoms with E-state index < -0.39 is 29.6 Å². The van der Waals surface area contributed by atoms with Crippen LogP contribution in [0.1, 0.15) is 58.9 Å². The van der Waals surface area contributed by atoms with Gasteiger partial charge in [-0.15, -0.1) is 0 Å². The van der Waals surface area contributed by atoms with Crippen molar-refractivity contribution in [3.8, 4) is 0 Å². The summed E-state index contributed by atoms with van der Waals surface area (Å²) in [6.07, 6.45) is 7.03. The molecule has 1 saturated carbocycles. The van der Waals surface area contributed by atoms with Gasteiger partial charge in [-0.05, 0) is 56.2 Å². The zero-order valence-corrected chi connectivity index (χ0v) is 23.0. The third-order valence-electron chi connectivity index (χ3n) is 9.40. The van der Waals surface area contributed by atoms with Crippen molar-refractivity contribution in [1.29, 1.82) is 0 Å². The van der Waals surface area contributed by atoms with Crippen LogP contribution in [0.4, 0.5) is 5.69 Å². The molecule has 1 aromatic carbocycles. The zero-order chi connectivity index (χ0) is 26.6. The molecule has 2 bridgehead atoms. The molecule has 1 aliphatic carbocycles. The van der Waals surface area contributed by atoms with Crippen LogP contribution in [0, 0.1) is 30.6 Å². The van der Waals surface area contributed by atoms with Crippen LogP contribution in [0.25, 0.3) is 0 Å². The highest BCUT2D eigenvalue weighted by atomic mass is 35.5. The quantitative estimate of drug-likeness (QED) is 0.534. The van der Waals surface area contributed by atoms with Crippen LogP contribution in [0.3, 0.4) is 0 Å². The molecule has 2 N–H and O–H groups in total. The van der Waals surface area contributed by atoms with Crippen LogP contribution in [0.15, 0.2) is 30.4 Å². The number of amides is 3. The summed E-state index contributed by atoms with van der Waals surface area (Å²) in [7, 11) is 0. The molecule has 37 heavy (non-hydrogen) atoms. The SMILES string of the molecule is CC[C@H](C)N1C(=O)[C@H]2[C@H](C(=O)Nc3ccc(C)c(Cl)c3)[C@H]3C=C[C@@]2(O3)[C@@H]1C(=O)N[C@@H]1CCC[C@H](C)[C@@H]1C. The Bertz CT molecular complexity index is 1140. The largest absolute Gasteiger partial charge is 0.359 e. The highest BCUT2D eigenvalue weighted by Gasteiger charge is 2.73. The number of ether oxygens (including phenoxy) is 1. The van der Waals surface area contributed by atoms with Crippen molar-refractivity contribution in [1.82, 2.24) is 10.2 Å². The Morgan fingerprint density at radius 2 is 2.00 bits per heavy atom. The van der Waals surface area contributed by atoms with Gasteiger partial charge in [0.15, 0.2) is 0 Å². The second-order valence-electron chi connectivity index (χ2n) is 11.5. The minimum atomic E-state index is -1.15. The van der Waals surface area contributed by atoms with E-state index in [2.05, 4.69) is 24.5 Å². The molecular weight excluding hydrogens is 490 g/mol. The van der Waals surface area contributed by atoms with Crippen LogP contribution >= 0.6 is 11.6 Å². The summed E-state index contributed by atoms with van der Waals surface area (Å²) in [5.74, 6) is -1.26. The van der Waals surface area contributed by atoms with E-state index in [1.807, 2.05) is 39.0 Å². The topological polar surface area (TPSA) is 87.7 Å². The number of hydrogen-bond donors (Lipinski definition) is 2. The fourth-order valence-corrected chi connectivity index (χ4v) is 7.00. The number of anilines is 1. The van der Waals surface area contributed by atoms with Crippen LogP contribution in [0.2, 0.25) is 5.02 Å². The third kappa shape index (κ3) is 4.19. The summed E-state index contributed by atoms with van der Waals surface area (Å²) in [6, 6.07) is 4.44. The summed E-state index contributed by atoms with van der Waals surface area (Å²) in [5, 5.41) is 6.79. The Labute approximate surface area is 224 Å². The lowest BCUT2D eigenvalue weighted by atomic mass is 9.73. The van der Waals surface area contributed by atoms with E-state index in [1.165, 1.54) is 0 Å². The Morgan fingerprint density at radius 1 is 1.24 bits per heavy atom. The molecule has 0 aromatic heterocycles. The summed E-state index contributed by atoms with van der Waals surface area (Å²) in [5.41, 5.74) is 0.335.